The number of aliphatic hydroxyl groups is 1. The van der Waals surface area contributed by atoms with Crippen LogP contribution in [0.3, 0.4) is 0 Å². The molecular formula is C13H22N4O3S. The zero-order valence-corrected chi connectivity index (χ0v) is 13.2. The predicted molar refractivity (Wildman–Crippen MR) is 82.6 cm³/mol. The van der Waals surface area contributed by atoms with Crippen LogP contribution in [0.2, 0.25) is 0 Å². The summed E-state index contributed by atoms with van der Waals surface area (Å²) >= 11 is 1.27. The molecule has 0 bridgehead atoms. The maximum Gasteiger partial charge on any atom is 0.268 e. The number of amides is 1. The molecule has 8 heteroatoms. The molecule has 2 rings (SSSR count). The van der Waals surface area contributed by atoms with E-state index in [0.717, 1.165) is 13.0 Å². The number of rotatable bonds is 5. The van der Waals surface area contributed by atoms with Crippen molar-refractivity contribution < 1.29 is 14.6 Å². The molecule has 1 aromatic heterocycles. The highest BCUT2D eigenvalue weighted by atomic mass is 32.1. The van der Waals surface area contributed by atoms with Crippen LogP contribution in [-0.4, -0.2) is 59.3 Å². The van der Waals surface area contributed by atoms with Crippen molar-refractivity contribution in [3.63, 3.8) is 0 Å². The van der Waals surface area contributed by atoms with Crippen molar-refractivity contribution in [2.45, 2.75) is 32.5 Å². The number of nitrogens with one attached hydrogen (secondary N) is 1. The van der Waals surface area contributed by atoms with Gasteiger partial charge in [-0.2, -0.15) is 0 Å². The molecule has 0 radical (unpaired) electrons. The van der Waals surface area contributed by atoms with E-state index >= 15 is 0 Å². The fraction of sp³-hybridized carbons (Fsp3) is 0.692. The van der Waals surface area contributed by atoms with Gasteiger partial charge in [-0.1, -0.05) is 18.3 Å². The van der Waals surface area contributed by atoms with Gasteiger partial charge in [0.1, 0.15) is 10.7 Å². The summed E-state index contributed by atoms with van der Waals surface area (Å²) in [5.74, 6) is 0.103. The van der Waals surface area contributed by atoms with Crippen molar-refractivity contribution in [1.29, 1.82) is 0 Å². The van der Waals surface area contributed by atoms with Crippen molar-refractivity contribution in [3.8, 4) is 0 Å². The topological polar surface area (TPSA) is 101 Å². The van der Waals surface area contributed by atoms with E-state index in [9.17, 15) is 9.90 Å². The fourth-order valence-electron chi connectivity index (χ4n) is 2.25. The lowest BCUT2D eigenvalue weighted by Gasteiger charge is -2.35. The van der Waals surface area contributed by atoms with Crippen LogP contribution >= 0.6 is 11.3 Å². The number of nitrogens with two attached hydrogens (primary N) is 1. The van der Waals surface area contributed by atoms with Crippen LogP contribution in [0.4, 0.5) is 10.9 Å². The molecule has 118 valence electrons. The van der Waals surface area contributed by atoms with Crippen molar-refractivity contribution in [2.24, 2.45) is 0 Å². The van der Waals surface area contributed by atoms with Crippen molar-refractivity contribution in [1.82, 2.24) is 9.88 Å². The number of nitrogens with zero attached hydrogens (tertiary/aromatic N) is 2. The average Bonchev–Trinajstić information content (AvgIpc) is 2.84. The summed E-state index contributed by atoms with van der Waals surface area (Å²) in [5.41, 5.74) is 5.85. The molecule has 1 fully saturated rings. The molecule has 1 amide bonds. The molecule has 0 spiro atoms. The Morgan fingerprint density at radius 3 is 3.05 bits per heavy atom. The Kier molecular flexibility index (Phi) is 5.38. The van der Waals surface area contributed by atoms with Crippen LogP contribution in [-0.2, 0) is 4.74 Å². The van der Waals surface area contributed by atoms with E-state index in [0.29, 0.717) is 23.1 Å². The minimum atomic E-state index is -0.343. The summed E-state index contributed by atoms with van der Waals surface area (Å²) in [5, 5.41) is 13.0. The van der Waals surface area contributed by atoms with E-state index in [1.54, 1.807) is 4.90 Å². The summed E-state index contributed by atoms with van der Waals surface area (Å²) in [7, 11) is 0. The second-order valence-corrected chi connectivity index (χ2v) is 6.12. The van der Waals surface area contributed by atoms with E-state index in [-0.39, 0.29) is 30.5 Å². The minimum absolute atomic E-state index is 0.102. The number of carbonyl (C=O) groups excluding carboxylic acids is 1. The summed E-state index contributed by atoms with van der Waals surface area (Å²) in [6, 6.07) is 0. The summed E-state index contributed by atoms with van der Waals surface area (Å²) in [4.78, 5) is 18.9. The molecule has 0 aromatic carbocycles. The zero-order valence-electron chi connectivity index (χ0n) is 12.3. The summed E-state index contributed by atoms with van der Waals surface area (Å²) in [6.07, 6.45) is 0.526. The Balaban J connectivity index is 2.10. The molecule has 21 heavy (non-hydrogen) atoms. The number of nitrogen functional groups attached to an aromatic ring is 1. The molecule has 2 heterocycles. The first-order chi connectivity index (χ1) is 10.0. The van der Waals surface area contributed by atoms with Gasteiger partial charge in [0.05, 0.1) is 18.8 Å². The van der Waals surface area contributed by atoms with Crippen LogP contribution in [0.1, 0.15) is 29.9 Å². The first-order valence-corrected chi connectivity index (χ1v) is 7.92. The van der Waals surface area contributed by atoms with Crippen molar-refractivity contribution in [2.75, 3.05) is 37.3 Å². The monoisotopic (exact) mass is 314 g/mol. The Bertz CT molecular complexity index is 494. The number of ether oxygens (including phenoxy) is 1. The molecule has 1 aromatic rings. The molecular weight excluding hydrogens is 292 g/mol. The molecule has 4 N–H and O–H groups in total. The van der Waals surface area contributed by atoms with E-state index in [1.807, 2.05) is 6.92 Å². The molecule has 2 atom stereocenters. The number of aliphatic hydroxyl groups excluding tert-OH is 1. The quantitative estimate of drug-likeness (QED) is 0.742. The van der Waals surface area contributed by atoms with Gasteiger partial charge in [-0.15, -0.1) is 0 Å². The van der Waals surface area contributed by atoms with Crippen molar-refractivity contribution >= 4 is 28.2 Å². The number of anilines is 2. The van der Waals surface area contributed by atoms with Gasteiger partial charge in [0.2, 0.25) is 0 Å². The highest BCUT2D eigenvalue weighted by molar-refractivity contribution is 7.18. The minimum Gasteiger partial charge on any atom is -0.394 e. The molecule has 2 unspecified atom stereocenters. The predicted octanol–water partition coefficient (Wildman–Crippen LogP) is 0.769. The average molecular weight is 314 g/mol. The number of morpholine rings is 1. The zero-order chi connectivity index (χ0) is 15.4. The SMILES string of the molecule is CCCNc1nc(N)c(C(=O)N2CC(C)OC(CO)C2)s1. The second-order valence-electron chi connectivity index (χ2n) is 5.12. The van der Waals surface area contributed by atoms with E-state index in [2.05, 4.69) is 17.2 Å². The van der Waals surface area contributed by atoms with Gasteiger partial charge >= 0.3 is 0 Å². The van der Waals surface area contributed by atoms with E-state index in [4.69, 9.17) is 10.5 Å². The van der Waals surface area contributed by atoms with Crippen LogP contribution in [0.5, 0.6) is 0 Å². The summed E-state index contributed by atoms with van der Waals surface area (Å²) in [6.45, 7) is 5.49. The number of hydrogen-bond donors (Lipinski definition) is 3. The highest BCUT2D eigenvalue weighted by Gasteiger charge is 2.30. The molecule has 7 nitrogen and oxygen atoms in total. The molecule has 0 saturated carbocycles. The molecule has 1 aliphatic heterocycles. The van der Waals surface area contributed by atoms with Crippen LogP contribution < -0.4 is 11.1 Å². The van der Waals surface area contributed by atoms with Crippen LogP contribution in [0, 0.1) is 0 Å². The molecule has 1 saturated heterocycles. The Labute approximate surface area is 128 Å². The maximum atomic E-state index is 12.6. The Morgan fingerprint density at radius 2 is 2.38 bits per heavy atom. The normalized spacial score (nSPS) is 22.3. The van der Waals surface area contributed by atoms with Gasteiger partial charge in [0, 0.05) is 19.6 Å². The first-order valence-electron chi connectivity index (χ1n) is 7.10. The number of carbonyl (C=O) groups is 1. The first kappa shape index (κ1) is 16.0. The smallest absolute Gasteiger partial charge is 0.268 e. The third kappa shape index (κ3) is 3.84. The molecule has 1 aliphatic rings. The third-order valence-electron chi connectivity index (χ3n) is 3.19. The summed E-state index contributed by atoms with van der Waals surface area (Å²) < 4.78 is 5.54. The van der Waals surface area contributed by atoms with Gasteiger partial charge in [-0.3, -0.25) is 4.79 Å². The number of thiazole rings is 1. The highest BCUT2D eigenvalue weighted by Crippen LogP contribution is 2.27. The fourth-order valence-corrected chi connectivity index (χ4v) is 3.13. The van der Waals surface area contributed by atoms with Gasteiger partial charge in [0.25, 0.3) is 5.91 Å². The van der Waals surface area contributed by atoms with E-state index < -0.39 is 0 Å². The lowest BCUT2D eigenvalue weighted by molar-refractivity contribution is -0.0857. The Hall–Kier alpha value is -1.38. The number of aromatic nitrogens is 1. The van der Waals surface area contributed by atoms with Gasteiger partial charge in [0.15, 0.2) is 5.13 Å². The molecule has 0 aliphatic carbocycles. The van der Waals surface area contributed by atoms with Gasteiger partial charge in [-0.05, 0) is 13.3 Å². The standard InChI is InChI=1S/C13H22N4O3S/c1-3-4-15-13-16-11(14)10(21-13)12(19)17-5-8(2)20-9(6-17)7-18/h8-9,18H,3-7,14H2,1-2H3,(H,15,16). The van der Waals surface area contributed by atoms with Crippen LogP contribution in [0.25, 0.3) is 0 Å². The lowest BCUT2D eigenvalue weighted by Crippen LogP contribution is -2.50. The van der Waals surface area contributed by atoms with E-state index in [1.165, 1.54) is 11.3 Å². The second kappa shape index (κ2) is 7.06. The van der Waals surface area contributed by atoms with Crippen LogP contribution in [0.15, 0.2) is 0 Å². The van der Waals surface area contributed by atoms with Gasteiger partial charge in [-0.25, -0.2) is 4.98 Å². The maximum absolute atomic E-state index is 12.6. The van der Waals surface area contributed by atoms with Crippen molar-refractivity contribution in [3.05, 3.63) is 4.88 Å². The third-order valence-corrected chi connectivity index (χ3v) is 4.21. The lowest BCUT2D eigenvalue weighted by atomic mass is 10.2. The number of hydrogen-bond acceptors (Lipinski definition) is 7. The Morgan fingerprint density at radius 1 is 1.62 bits per heavy atom. The van der Waals surface area contributed by atoms with Gasteiger partial charge < -0.3 is 25.8 Å². The largest absolute Gasteiger partial charge is 0.394 e.